The molecule has 0 spiro atoms. The van der Waals surface area contributed by atoms with E-state index in [1.807, 2.05) is 0 Å². The van der Waals surface area contributed by atoms with Gasteiger partial charge in [0, 0.05) is 12.1 Å². The predicted molar refractivity (Wildman–Crippen MR) is 68.6 cm³/mol. The number of hydrogen-bond donors (Lipinski definition) is 2. The highest BCUT2D eigenvalue weighted by Gasteiger charge is 2.46. The molecular weight excluding hydrogens is 306 g/mol. The molecule has 1 aliphatic carbocycles. The Kier molecular flexibility index (Phi) is 4.12. The van der Waals surface area contributed by atoms with Gasteiger partial charge in [-0.3, -0.25) is 9.59 Å². The number of alkyl halides is 3. The van der Waals surface area contributed by atoms with Crippen molar-refractivity contribution < 1.29 is 32.3 Å². The first-order valence-electron chi connectivity index (χ1n) is 6.54. The number of carboxylic acids is 1. The van der Waals surface area contributed by atoms with E-state index in [0.29, 0.717) is 31.4 Å². The van der Waals surface area contributed by atoms with Crippen LogP contribution in [0.15, 0.2) is 18.2 Å². The number of hydrogen-bond acceptors (Lipinski definition) is 2. The van der Waals surface area contributed by atoms with Crippen molar-refractivity contribution in [3.05, 3.63) is 29.6 Å². The quantitative estimate of drug-likeness (QED) is 0.836. The first-order chi connectivity index (χ1) is 10.1. The average molecular weight is 319 g/mol. The van der Waals surface area contributed by atoms with E-state index in [2.05, 4.69) is 5.32 Å². The lowest BCUT2D eigenvalue weighted by Gasteiger charge is -2.36. The number of benzene rings is 1. The van der Waals surface area contributed by atoms with Crippen LogP contribution in [0.4, 0.5) is 23.2 Å². The summed E-state index contributed by atoms with van der Waals surface area (Å²) in [6.07, 6.45) is -3.80. The van der Waals surface area contributed by atoms with Gasteiger partial charge in [0.2, 0.25) is 5.91 Å². The van der Waals surface area contributed by atoms with Gasteiger partial charge in [-0.15, -0.1) is 0 Å². The number of carboxylic acid groups (broad SMARTS) is 1. The molecule has 1 aromatic carbocycles. The summed E-state index contributed by atoms with van der Waals surface area (Å²) < 4.78 is 50.9. The topological polar surface area (TPSA) is 66.4 Å². The lowest BCUT2D eigenvalue weighted by atomic mass is 9.66. The van der Waals surface area contributed by atoms with Crippen LogP contribution >= 0.6 is 0 Å². The van der Waals surface area contributed by atoms with E-state index in [1.165, 1.54) is 0 Å². The van der Waals surface area contributed by atoms with E-state index in [1.54, 1.807) is 0 Å². The molecule has 1 fully saturated rings. The fourth-order valence-corrected chi connectivity index (χ4v) is 2.40. The van der Waals surface area contributed by atoms with Crippen molar-refractivity contribution >= 4 is 17.6 Å². The van der Waals surface area contributed by atoms with Gasteiger partial charge in [0.25, 0.3) is 0 Å². The Bertz CT molecular complexity index is 609. The van der Waals surface area contributed by atoms with Gasteiger partial charge in [-0.2, -0.15) is 13.2 Å². The van der Waals surface area contributed by atoms with Crippen molar-refractivity contribution in [2.45, 2.75) is 31.9 Å². The molecule has 0 unspecified atom stereocenters. The molecule has 1 aliphatic rings. The van der Waals surface area contributed by atoms with Gasteiger partial charge in [-0.25, -0.2) is 4.39 Å². The molecule has 2 N–H and O–H groups in total. The van der Waals surface area contributed by atoms with Gasteiger partial charge in [0.15, 0.2) is 0 Å². The number of carbonyl (C=O) groups is 2. The average Bonchev–Trinajstić information content (AvgIpc) is 2.34. The van der Waals surface area contributed by atoms with Crippen molar-refractivity contribution in [1.29, 1.82) is 0 Å². The van der Waals surface area contributed by atoms with Crippen LogP contribution < -0.4 is 5.32 Å². The Morgan fingerprint density at radius 2 is 1.91 bits per heavy atom. The van der Waals surface area contributed by atoms with Crippen molar-refractivity contribution in [2.24, 2.45) is 5.41 Å². The minimum atomic E-state index is -4.87. The lowest BCUT2D eigenvalue weighted by Crippen LogP contribution is -2.41. The summed E-state index contributed by atoms with van der Waals surface area (Å²) in [7, 11) is 0. The minimum absolute atomic E-state index is 0.224. The van der Waals surface area contributed by atoms with Crippen LogP contribution in [-0.2, 0) is 15.8 Å². The molecule has 1 saturated carbocycles. The van der Waals surface area contributed by atoms with Gasteiger partial charge in [0.05, 0.1) is 11.0 Å². The minimum Gasteiger partial charge on any atom is -0.481 e. The fourth-order valence-electron chi connectivity index (χ4n) is 2.40. The van der Waals surface area contributed by atoms with Gasteiger partial charge in [0.1, 0.15) is 5.82 Å². The van der Waals surface area contributed by atoms with Crippen molar-refractivity contribution in [1.82, 2.24) is 0 Å². The van der Waals surface area contributed by atoms with Crippen LogP contribution in [0.25, 0.3) is 0 Å². The van der Waals surface area contributed by atoms with Gasteiger partial charge >= 0.3 is 12.1 Å². The molecule has 4 nitrogen and oxygen atoms in total. The van der Waals surface area contributed by atoms with Crippen LogP contribution in [0.1, 0.15) is 31.2 Å². The maximum absolute atomic E-state index is 13.1. The molecule has 8 heteroatoms. The van der Waals surface area contributed by atoms with Crippen molar-refractivity contribution in [3.63, 3.8) is 0 Å². The maximum Gasteiger partial charge on any atom is 0.419 e. The molecule has 120 valence electrons. The number of amides is 1. The molecule has 0 aromatic heterocycles. The van der Waals surface area contributed by atoms with Gasteiger partial charge in [-0.05, 0) is 31.0 Å². The van der Waals surface area contributed by atoms with E-state index in [0.717, 1.165) is 6.07 Å². The van der Waals surface area contributed by atoms with Gasteiger partial charge < -0.3 is 10.4 Å². The first kappa shape index (κ1) is 16.3. The number of aliphatic carboxylic acids is 1. The third-order valence-electron chi connectivity index (χ3n) is 3.82. The highest BCUT2D eigenvalue weighted by Crippen LogP contribution is 2.44. The summed E-state index contributed by atoms with van der Waals surface area (Å²) in [4.78, 5) is 23.0. The SMILES string of the molecule is O=C(CC1(C(=O)O)CCC1)Nc1ccc(F)c(C(F)(F)F)c1. The molecule has 1 aromatic rings. The maximum atomic E-state index is 13.1. The predicted octanol–water partition coefficient (Wildman–Crippen LogP) is 3.43. The van der Waals surface area contributed by atoms with Crippen LogP contribution in [0, 0.1) is 11.2 Å². The van der Waals surface area contributed by atoms with Crippen LogP contribution in [0.5, 0.6) is 0 Å². The van der Waals surface area contributed by atoms with Crippen LogP contribution in [-0.4, -0.2) is 17.0 Å². The third-order valence-corrected chi connectivity index (χ3v) is 3.82. The molecule has 0 radical (unpaired) electrons. The molecule has 2 rings (SSSR count). The van der Waals surface area contributed by atoms with E-state index < -0.39 is 34.8 Å². The second-order valence-electron chi connectivity index (χ2n) is 5.36. The van der Waals surface area contributed by atoms with E-state index >= 15 is 0 Å². The smallest absolute Gasteiger partial charge is 0.419 e. The van der Waals surface area contributed by atoms with E-state index in [4.69, 9.17) is 5.11 Å². The summed E-state index contributed by atoms with van der Waals surface area (Å²) in [5.41, 5.74) is -2.85. The summed E-state index contributed by atoms with van der Waals surface area (Å²) in [5.74, 6) is -3.24. The highest BCUT2D eigenvalue weighted by atomic mass is 19.4. The second kappa shape index (κ2) is 5.58. The molecular formula is C14H13F4NO3. The third kappa shape index (κ3) is 3.20. The zero-order valence-electron chi connectivity index (χ0n) is 11.3. The van der Waals surface area contributed by atoms with Gasteiger partial charge in [-0.1, -0.05) is 6.42 Å². The number of nitrogens with one attached hydrogen (secondary N) is 1. The zero-order valence-corrected chi connectivity index (χ0v) is 11.3. The standard InChI is InChI=1S/C14H13F4NO3/c15-10-3-2-8(6-9(10)14(16,17)18)19-11(20)7-13(12(21)22)4-1-5-13/h2-3,6H,1,4-5,7H2,(H,19,20)(H,21,22). The van der Waals surface area contributed by atoms with Crippen LogP contribution in [0.2, 0.25) is 0 Å². The molecule has 0 atom stereocenters. The molecule has 0 heterocycles. The summed E-state index contributed by atoms with van der Waals surface area (Å²) in [5, 5.41) is 11.3. The second-order valence-corrected chi connectivity index (χ2v) is 5.36. The Morgan fingerprint density at radius 3 is 2.36 bits per heavy atom. The zero-order chi connectivity index (χ0) is 16.5. The summed E-state index contributed by atoms with van der Waals surface area (Å²) in [6, 6.07) is 2.09. The molecule has 22 heavy (non-hydrogen) atoms. The Balaban J connectivity index is 2.11. The molecule has 1 amide bonds. The normalized spacial score (nSPS) is 16.7. The largest absolute Gasteiger partial charge is 0.481 e. The Hall–Kier alpha value is -2.12. The number of carbonyl (C=O) groups excluding carboxylic acids is 1. The molecule has 0 aliphatic heterocycles. The number of anilines is 1. The first-order valence-corrected chi connectivity index (χ1v) is 6.54. The van der Waals surface area contributed by atoms with Crippen LogP contribution in [0.3, 0.4) is 0 Å². The Morgan fingerprint density at radius 1 is 1.27 bits per heavy atom. The molecule has 0 bridgehead atoms. The highest BCUT2D eigenvalue weighted by molar-refractivity contribution is 5.94. The summed E-state index contributed by atoms with van der Waals surface area (Å²) >= 11 is 0. The lowest BCUT2D eigenvalue weighted by molar-refractivity contribution is -0.157. The molecule has 0 saturated heterocycles. The van der Waals surface area contributed by atoms with E-state index in [-0.39, 0.29) is 12.1 Å². The van der Waals surface area contributed by atoms with E-state index in [9.17, 15) is 27.2 Å². The van der Waals surface area contributed by atoms with Crippen molar-refractivity contribution in [3.8, 4) is 0 Å². The number of halogens is 4. The monoisotopic (exact) mass is 319 g/mol. The van der Waals surface area contributed by atoms with Crippen molar-refractivity contribution in [2.75, 3.05) is 5.32 Å². The number of rotatable bonds is 4. The Labute approximate surface area is 123 Å². The summed E-state index contributed by atoms with van der Waals surface area (Å²) in [6.45, 7) is 0. The fraction of sp³-hybridized carbons (Fsp3) is 0.429.